The molecule has 0 heterocycles. The molecule has 0 saturated heterocycles. The molecule has 0 radical (unpaired) electrons. The lowest BCUT2D eigenvalue weighted by atomic mass is 10.1. The molecule has 156 valence electrons. The molecule has 2 aromatic carbocycles. The Balaban J connectivity index is 2.07. The Hall–Kier alpha value is -2.41. The van der Waals surface area contributed by atoms with Crippen molar-refractivity contribution in [2.45, 2.75) is 45.2 Å². The summed E-state index contributed by atoms with van der Waals surface area (Å²) < 4.78 is 27.1. The highest BCUT2D eigenvalue weighted by Crippen LogP contribution is 2.17. The van der Waals surface area contributed by atoms with Crippen molar-refractivity contribution in [2.75, 3.05) is 5.75 Å². The van der Waals surface area contributed by atoms with E-state index < -0.39 is 11.9 Å². The summed E-state index contributed by atoms with van der Waals surface area (Å²) in [7, 11) is 0. The van der Waals surface area contributed by atoms with Gasteiger partial charge in [0.1, 0.15) is 17.7 Å². The zero-order chi connectivity index (χ0) is 21.4. The minimum absolute atomic E-state index is 0.00922. The highest BCUT2D eigenvalue weighted by Gasteiger charge is 2.27. The van der Waals surface area contributed by atoms with Crippen molar-refractivity contribution < 1.29 is 18.4 Å². The third kappa shape index (κ3) is 7.16. The fourth-order valence-electron chi connectivity index (χ4n) is 2.72. The maximum atomic E-state index is 14.1. The Morgan fingerprint density at radius 1 is 1.03 bits per heavy atom. The molecule has 4 nitrogen and oxygen atoms in total. The van der Waals surface area contributed by atoms with Crippen molar-refractivity contribution in [2.24, 2.45) is 0 Å². The molecule has 0 aliphatic heterocycles. The molecule has 0 aliphatic carbocycles. The zero-order valence-corrected chi connectivity index (χ0v) is 17.6. The van der Waals surface area contributed by atoms with Gasteiger partial charge in [-0.15, -0.1) is 11.8 Å². The summed E-state index contributed by atoms with van der Waals surface area (Å²) in [6.45, 7) is 5.33. The number of hydrogen-bond acceptors (Lipinski definition) is 3. The number of nitrogens with zero attached hydrogens (tertiary/aromatic N) is 1. The van der Waals surface area contributed by atoms with Crippen LogP contribution in [0.15, 0.2) is 48.5 Å². The van der Waals surface area contributed by atoms with Crippen LogP contribution in [0.2, 0.25) is 0 Å². The molecular formula is C22H26F2N2O2S. The lowest BCUT2D eigenvalue weighted by Crippen LogP contribution is -2.49. The van der Waals surface area contributed by atoms with Crippen molar-refractivity contribution in [1.82, 2.24) is 10.2 Å². The summed E-state index contributed by atoms with van der Waals surface area (Å²) in [6.07, 6.45) is 0. The second-order valence-corrected chi connectivity index (χ2v) is 8.06. The van der Waals surface area contributed by atoms with E-state index in [1.165, 1.54) is 34.9 Å². The van der Waals surface area contributed by atoms with Gasteiger partial charge in [-0.05, 0) is 44.5 Å². The highest BCUT2D eigenvalue weighted by atomic mass is 32.2. The fourth-order valence-corrected chi connectivity index (χ4v) is 3.59. The molecule has 1 atom stereocenters. The summed E-state index contributed by atoms with van der Waals surface area (Å²) >= 11 is 1.37. The van der Waals surface area contributed by atoms with Crippen LogP contribution in [0.4, 0.5) is 8.78 Å². The summed E-state index contributed by atoms with van der Waals surface area (Å²) in [5, 5.41) is 2.80. The number of rotatable bonds is 9. The molecular weight excluding hydrogens is 394 g/mol. The Labute approximate surface area is 174 Å². The van der Waals surface area contributed by atoms with Gasteiger partial charge in [-0.25, -0.2) is 8.78 Å². The first-order chi connectivity index (χ1) is 13.8. The highest BCUT2D eigenvalue weighted by molar-refractivity contribution is 7.99. The minimum Gasteiger partial charge on any atom is -0.352 e. The third-order valence-corrected chi connectivity index (χ3v) is 5.29. The van der Waals surface area contributed by atoms with Crippen LogP contribution >= 0.6 is 11.8 Å². The first-order valence-corrected chi connectivity index (χ1v) is 10.6. The van der Waals surface area contributed by atoms with Crippen LogP contribution in [-0.4, -0.2) is 34.6 Å². The van der Waals surface area contributed by atoms with Gasteiger partial charge in [-0.2, -0.15) is 0 Å². The molecule has 0 fully saturated rings. The molecule has 0 unspecified atom stereocenters. The van der Waals surface area contributed by atoms with E-state index in [-0.39, 0.29) is 36.0 Å². The first-order valence-electron chi connectivity index (χ1n) is 9.43. The van der Waals surface area contributed by atoms with Crippen molar-refractivity contribution in [3.63, 3.8) is 0 Å². The van der Waals surface area contributed by atoms with E-state index in [0.29, 0.717) is 11.3 Å². The van der Waals surface area contributed by atoms with E-state index in [0.717, 1.165) is 5.56 Å². The number of nitrogens with one attached hydrogen (secondary N) is 1. The average Bonchev–Trinajstić information content (AvgIpc) is 2.67. The number of halogens is 2. The summed E-state index contributed by atoms with van der Waals surface area (Å²) in [5.41, 5.74) is 1.25. The second-order valence-electron chi connectivity index (χ2n) is 7.07. The van der Waals surface area contributed by atoms with Crippen LogP contribution < -0.4 is 5.32 Å². The predicted octanol–water partition coefficient (Wildman–Crippen LogP) is 4.14. The average molecular weight is 421 g/mol. The fraction of sp³-hybridized carbons (Fsp3) is 0.364. The largest absolute Gasteiger partial charge is 0.352 e. The number of carbonyl (C=O) groups is 2. The Morgan fingerprint density at radius 2 is 1.69 bits per heavy atom. The summed E-state index contributed by atoms with van der Waals surface area (Å²) in [4.78, 5) is 26.7. The molecule has 0 bridgehead atoms. The summed E-state index contributed by atoms with van der Waals surface area (Å²) in [6, 6.07) is 11.5. The molecule has 0 aromatic heterocycles. The van der Waals surface area contributed by atoms with Crippen molar-refractivity contribution >= 4 is 23.6 Å². The Morgan fingerprint density at radius 3 is 2.31 bits per heavy atom. The van der Waals surface area contributed by atoms with Crippen molar-refractivity contribution in [3.8, 4) is 0 Å². The first kappa shape index (κ1) is 22.9. The zero-order valence-electron chi connectivity index (χ0n) is 16.8. The monoisotopic (exact) mass is 420 g/mol. The quantitative estimate of drug-likeness (QED) is 0.663. The van der Waals surface area contributed by atoms with E-state index in [2.05, 4.69) is 5.32 Å². The number of carbonyl (C=O) groups excluding carboxylic acids is 2. The standard InChI is InChI=1S/C22H26F2N2O2S/c1-15(2)25-22(28)16(3)26(12-18-6-4-5-7-20(18)24)21(27)14-29-13-17-8-10-19(23)11-9-17/h4-11,15-16H,12-14H2,1-3H3,(H,25,28)/t16-/m1/s1. The van der Waals surface area contributed by atoms with Gasteiger partial charge in [0, 0.05) is 23.9 Å². The normalized spacial score (nSPS) is 11.9. The van der Waals surface area contributed by atoms with Gasteiger partial charge in [-0.3, -0.25) is 9.59 Å². The van der Waals surface area contributed by atoms with Crippen LogP contribution in [0.5, 0.6) is 0 Å². The van der Waals surface area contributed by atoms with E-state index in [1.807, 2.05) is 13.8 Å². The maximum absolute atomic E-state index is 14.1. The molecule has 2 rings (SSSR count). The topological polar surface area (TPSA) is 49.4 Å². The van der Waals surface area contributed by atoms with E-state index in [4.69, 9.17) is 0 Å². The van der Waals surface area contributed by atoms with Crippen LogP contribution in [0.1, 0.15) is 31.9 Å². The maximum Gasteiger partial charge on any atom is 0.242 e. The molecule has 0 saturated carbocycles. The lowest BCUT2D eigenvalue weighted by Gasteiger charge is -2.29. The smallest absolute Gasteiger partial charge is 0.242 e. The Kier molecular flexibility index (Phi) is 8.64. The number of amides is 2. The van der Waals surface area contributed by atoms with Gasteiger partial charge < -0.3 is 10.2 Å². The van der Waals surface area contributed by atoms with Gasteiger partial charge in [0.15, 0.2) is 0 Å². The second kappa shape index (κ2) is 11.0. The molecule has 0 spiro atoms. The van der Waals surface area contributed by atoms with Crippen molar-refractivity contribution in [1.29, 1.82) is 0 Å². The van der Waals surface area contributed by atoms with Gasteiger partial charge in [-0.1, -0.05) is 30.3 Å². The van der Waals surface area contributed by atoms with Gasteiger partial charge in [0.2, 0.25) is 11.8 Å². The third-order valence-electron chi connectivity index (χ3n) is 4.30. The number of thioether (sulfide) groups is 1. The lowest BCUT2D eigenvalue weighted by molar-refractivity contribution is -0.138. The molecule has 29 heavy (non-hydrogen) atoms. The summed E-state index contributed by atoms with van der Waals surface area (Å²) in [5.74, 6) is -0.603. The van der Waals surface area contributed by atoms with E-state index >= 15 is 0 Å². The molecule has 2 amide bonds. The molecule has 7 heteroatoms. The van der Waals surface area contributed by atoms with Gasteiger partial charge in [0.05, 0.1) is 5.75 Å². The molecule has 1 N–H and O–H groups in total. The van der Waals surface area contributed by atoms with Crippen LogP contribution in [0.3, 0.4) is 0 Å². The molecule has 2 aromatic rings. The SMILES string of the molecule is CC(C)NC(=O)[C@@H](C)N(Cc1ccccc1F)C(=O)CSCc1ccc(F)cc1. The number of benzene rings is 2. The Bertz CT molecular complexity index is 828. The van der Waals surface area contributed by atoms with Gasteiger partial charge >= 0.3 is 0 Å². The molecule has 0 aliphatic rings. The van der Waals surface area contributed by atoms with Crippen LogP contribution in [0.25, 0.3) is 0 Å². The van der Waals surface area contributed by atoms with E-state index in [1.54, 1.807) is 37.3 Å². The van der Waals surface area contributed by atoms with Crippen LogP contribution in [-0.2, 0) is 21.9 Å². The van der Waals surface area contributed by atoms with Crippen LogP contribution in [0, 0.1) is 11.6 Å². The predicted molar refractivity (Wildman–Crippen MR) is 112 cm³/mol. The minimum atomic E-state index is -0.740. The van der Waals surface area contributed by atoms with Crippen molar-refractivity contribution in [3.05, 3.63) is 71.3 Å². The van der Waals surface area contributed by atoms with Gasteiger partial charge in [0.25, 0.3) is 0 Å². The number of hydrogen-bond donors (Lipinski definition) is 1. The van der Waals surface area contributed by atoms with E-state index in [9.17, 15) is 18.4 Å².